The highest BCUT2D eigenvalue weighted by Crippen LogP contribution is 2.71. The highest BCUT2D eigenvalue weighted by atomic mass is 16.5. The minimum absolute atomic E-state index is 0.0307. The standard InChI is InChI=1S/C26H18N4O4/c1-33-22(31)21-11-7-6-10-20-19(13-12-18-8-4-3-5-9-18)24(14-27,15-28)25(16-29,17-30)26(20,21)23(32)34-2/h3-13,19H,1-2H3/b13-12+. The molecule has 0 aliphatic heterocycles. The molecule has 1 saturated carbocycles. The summed E-state index contributed by atoms with van der Waals surface area (Å²) >= 11 is 0. The van der Waals surface area contributed by atoms with Crippen molar-refractivity contribution in [3.8, 4) is 24.3 Å². The molecule has 166 valence electrons. The Balaban J connectivity index is 2.53. The summed E-state index contributed by atoms with van der Waals surface area (Å²) in [5.41, 5.74) is -7.06. The van der Waals surface area contributed by atoms with Crippen LogP contribution in [0.15, 0.2) is 71.9 Å². The summed E-state index contributed by atoms with van der Waals surface area (Å²) in [4.78, 5) is 26.5. The fourth-order valence-corrected chi connectivity index (χ4v) is 4.82. The van der Waals surface area contributed by atoms with Gasteiger partial charge in [-0.15, -0.1) is 0 Å². The quantitative estimate of drug-likeness (QED) is 0.635. The third-order valence-corrected chi connectivity index (χ3v) is 6.31. The van der Waals surface area contributed by atoms with Crippen LogP contribution in [0.25, 0.3) is 6.08 Å². The lowest BCUT2D eigenvalue weighted by Gasteiger charge is -2.38. The van der Waals surface area contributed by atoms with Gasteiger partial charge in [-0.2, -0.15) is 21.0 Å². The highest BCUT2D eigenvalue weighted by Gasteiger charge is 2.82. The molecule has 3 rings (SSSR count). The molecule has 1 fully saturated rings. The van der Waals surface area contributed by atoms with Gasteiger partial charge in [0, 0.05) is 5.92 Å². The zero-order chi connectivity index (χ0) is 25.0. The van der Waals surface area contributed by atoms with Crippen LogP contribution in [0.4, 0.5) is 0 Å². The van der Waals surface area contributed by atoms with Crippen molar-refractivity contribution >= 4 is 18.0 Å². The van der Waals surface area contributed by atoms with Crippen molar-refractivity contribution in [2.45, 2.75) is 0 Å². The summed E-state index contributed by atoms with van der Waals surface area (Å²) in [6.07, 6.45) is 8.73. The van der Waals surface area contributed by atoms with E-state index >= 15 is 0 Å². The van der Waals surface area contributed by atoms with Gasteiger partial charge in [0.25, 0.3) is 0 Å². The molecule has 0 aromatic heterocycles. The second kappa shape index (κ2) is 8.91. The number of nitriles is 4. The van der Waals surface area contributed by atoms with E-state index in [1.54, 1.807) is 42.5 Å². The number of methoxy groups -OCH3 is 2. The molecule has 0 bridgehead atoms. The number of carbonyl (C=O) groups is 2. The SMILES string of the molecule is COC(=O)C1=CC=CC=C2C(/C=C/c3ccccc3)C(C#N)(C#N)C(C#N)(C#N)C12C(=O)OC. The van der Waals surface area contributed by atoms with Crippen LogP contribution in [0.1, 0.15) is 5.56 Å². The lowest BCUT2D eigenvalue weighted by molar-refractivity contribution is -0.155. The van der Waals surface area contributed by atoms with Gasteiger partial charge in [0.1, 0.15) is 0 Å². The number of fused-ring (bicyclic) bond motifs is 1. The zero-order valence-corrected chi connectivity index (χ0v) is 18.4. The Hall–Kier alpha value is -4.92. The summed E-state index contributed by atoms with van der Waals surface area (Å²) in [6, 6.07) is 16.2. The summed E-state index contributed by atoms with van der Waals surface area (Å²) in [7, 11) is 2.12. The highest BCUT2D eigenvalue weighted by molar-refractivity contribution is 6.04. The van der Waals surface area contributed by atoms with Gasteiger partial charge in [0.15, 0.2) is 16.2 Å². The van der Waals surface area contributed by atoms with Gasteiger partial charge in [-0.05, 0) is 11.1 Å². The molecule has 1 aromatic rings. The Morgan fingerprint density at radius 1 is 0.912 bits per heavy atom. The summed E-state index contributed by atoms with van der Waals surface area (Å²) < 4.78 is 9.90. The van der Waals surface area contributed by atoms with E-state index in [-0.39, 0.29) is 11.1 Å². The van der Waals surface area contributed by atoms with Gasteiger partial charge < -0.3 is 9.47 Å². The minimum Gasteiger partial charge on any atom is -0.468 e. The molecule has 1 aromatic carbocycles. The van der Waals surface area contributed by atoms with Gasteiger partial charge in [-0.25, -0.2) is 4.79 Å². The Kier molecular flexibility index (Phi) is 6.22. The van der Waals surface area contributed by atoms with E-state index in [1.807, 2.05) is 18.2 Å². The number of ether oxygens (including phenoxy) is 2. The molecule has 2 aliphatic rings. The number of esters is 2. The van der Waals surface area contributed by atoms with Crippen molar-refractivity contribution in [3.05, 3.63) is 77.4 Å². The number of benzene rings is 1. The van der Waals surface area contributed by atoms with Crippen LogP contribution in [0.3, 0.4) is 0 Å². The molecule has 8 nitrogen and oxygen atoms in total. The average Bonchev–Trinajstić information content (AvgIpc) is 2.96. The summed E-state index contributed by atoms with van der Waals surface area (Å²) in [6.45, 7) is 0. The Morgan fingerprint density at radius 3 is 2.06 bits per heavy atom. The summed E-state index contributed by atoms with van der Waals surface area (Å²) in [5, 5.41) is 41.4. The Morgan fingerprint density at radius 2 is 1.53 bits per heavy atom. The monoisotopic (exact) mass is 450 g/mol. The van der Waals surface area contributed by atoms with Crippen LogP contribution in [0.2, 0.25) is 0 Å². The third-order valence-electron chi connectivity index (χ3n) is 6.31. The molecule has 8 heteroatoms. The molecule has 0 saturated heterocycles. The van der Waals surface area contributed by atoms with E-state index in [4.69, 9.17) is 9.47 Å². The first kappa shape index (κ1) is 23.7. The molecule has 0 spiro atoms. The second-order valence-electron chi connectivity index (χ2n) is 7.57. The van der Waals surface area contributed by atoms with E-state index < -0.39 is 34.1 Å². The van der Waals surface area contributed by atoms with E-state index in [1.165, 1.54) is 30.4 Å². The van der Waals surface area contributed by atoms with Gasteiger partial charge in [-0.1, -0.05) is 66.8 Å². The Bertz CT molecular complexity index is 1300. The first-order valence-electron chi connectivity index (χ1n) is 10.0. The Labute approximate surface area is 196 Å². The number of hydrogen-bond donors (Lipinski definition) is 0. The van der Waals surface area contributed by atoms with Crippen LogP contribution in [0, 0.1) is 67.5 Å². The maximum Gasteiger partial charge on any atom is 0.335 e. The van der Waals surface area contributed by atoms with Crippen molar-refractivity contribution in [1.29, 1.82) is 21.0 Å². The molecule has 2 unspecified atom stereocenters. The second-order valence-corrected chi connectivity index (χ2v) is 7.57. The van der Waals surface area contributed by atoms with Crippen LogP contribution < -0.4 is 0 Å². The summed E-state index contributed by atoms with van der Waals surface area (Å²) in [5.74, 6) is -3.36. The van der Waals surface area contributed by atoms with Crippen LogP contribution in [-0.4, -0.2) is 26.2 Å². The van der Waals surface area contributed by atoms with Crippen LogP contribution in [-0.2, 0) is 19.1 Å². The molecule has 34 heavy (non-hydrogen) atoms. The van der Waals surface area contributed by atoms with Crippen LogP contribution in [0.5, 0.6) is 0 Å². The number of allylic oxidation sites excluding steroid dienone is 5. The number of hydrogen-bond acceptors (Lipinski definition) is 8. The van der Waals surface area contributed by atoms with Gasteiger partial charge in [0.05, 0.1) is 44.1 Å². The molecule has 0 heterocycles. The fraction of sp³-hybridized carbons (Fsp3) is 0.231. The van der Waals surface area contributed by atoms with Gasteiger partial charge in [0.2, 0.25) is 0 Å². The minimum atomic E-state index is -2.65. The third kappa shape index (κ3) is 2.80. The van der Waals surface area contributed by atoms with E-state index in [2.05, 4.69) is 0 Å². The van der Waals surface area contributed by atoms with E-state index in [0.717, 1.165) is 19.8 Å². The van der Waals surface area contributed by atoms with Crippen molar-refractivity contribution in [3.63, 3.8) is 0 Å². The smallest absolute Gasteiger partial charge is 0.335 e. The van der Waals surface area contributed by atoms with Crippen molar-refractivity contribution in [1.82, 2.24) is 0 Å². The van der Waals surface area contributed by atoms with E-state index in [0.29, 0.717) is 0 Å². The number of carbonyl (C=O) groups excluding carboxylic acids is 2. The molecule has 0 amide bonds. The average molecular weight is 450 g/mol. The lowest BCUT2D eigenvalue weighted by Crippen LogP contribution is -2.53. The van der Waals surface area contributed by atoms with E-state index in [9.17, 15) is 30.6 Å². The largest absolute Gasteiger partial charge is 0.468 e. The molecular formula is C26H18N4O4. The van der Waals surface area contributed by atoms with Crippen molar-refractivity contribution < 1.29 is 19.1 Å². The fourth-order valence-electron chi connectivity index (χ4n) is 4.82. The van der Waals surface area contributed by atoms with Crippen LogP contribution >= 0.6 is 0 Å². The maximum absolute atomic E-state index is 13.5. The zero-order valence-electron chi connectivity index (χ0n) is 18.4. The van der Waals surface area contributed by atoms with Crippen molar-refractivity contribution in [2.75, 3.05) is 14.2 Å². The molecule has 0 N–H and O–H groups in total. The maximum atomic E-state index is 13.5. The van der Waals surface area contributed by atoms with Gasteiger partial charge >= 0.3 is 11.9 Å². The normalized spacial score (nSPS) is 23.5. The number of nitrogens with zero attached hydrogens (tertiary/aromatic N) is 4. The van der Waals surface area contributed by atoms with Crippen molar-refractivity contribution in [2.24, 2.45) is 22.2 Å². The first-order valence-corrected chi connectivity index (χ1v) is 10.0. The molecule has 0 radical (unpaired) electrons. The molecule has 2 atom stereocenters. The predicted octanol–water partition coefficient (Wildman–Crippen LogP) is 3.15. The molecular weight excluding hydrogens is 432 g/mol. The number of rotatable bonds is 4. The first-order chi connectivity index (χ1) is 16.4. The molecule has 2 aliphatic carbocycles. The lowest BCUT2D eigenvalue weighted by atomic mass is 9.54. The van der Waals surface area contributed by atoms with Gasteiger partial charge in [-0.3, -0.25) is 4.79 Å². The predicted molar refractivity (Wildman–Crippen MR) is 118 cm³/mol. The topological polar surface area (TPSA) is 148 Å².